The van der Waals surface area contributed by atoms with Crippen LogP contribution in [0, 0.1) is 0 Å². The highest BCUT2D eigenvalue weighted by Gasteiger charge is 2.30. The molecule has 0 radical (unpaired) electrons. The van der Waals surface area contributed by atoms with Gasteiger partial charge in [0.1, 0.15) is 10.0 Å². The van der Waals surface area contributed by atoms with Crippen molar-refractivity contribution < 1.29 is 18.0 Å². The molecule has 0 aliphatic heterocycles. The first-order chi connectivity index (χ1) is 8.84. The molecular weight excluding hydrogens is 303 g/mol. The monoisotopic (exact) mass is 307 g/mol. The predicted octanol–water partition coefficient (Wildman–Crippen LogP) is 3.38. The Kier molecular flexibility index (Phi) is 3.51. The van der Waals surface area contributed by atoms with Crippen LogP contribution in [0.5, 0.6) is 0 Å². The average Bonchev–Trinajstić information content (AvgIpc) is 2.63. The zero-order chi connectivity index (χ0) is 14.2. The first-order valence-corrected chi connectivity index (χ1v) is 6.08. The van der Waals surface area contributed by atoms with Crippen molar-refractivity contribution in [2.75, 3.05) is 0 Å². The van der Waals surface area contributed by atoms with Gasteiger partial charge >= 0.3 is 11.0 Å². The second kappa shape index (κ2) is 4.82. The van der Waals surface area contributed by atoms with Gasteiger partial charge in [0.05, 0.1) is 11.3 Å². The van der Waals surface area contributed by atoms with Crippen LogP contribution in [0.3, 0.4) is 0 Å². The van der Waals surface area contributed by atoms with Crippen molar-refractivity contribution in [2.45, 2.75) is 6.18 Å². The smallest absolute Gasteiger partial charge is 0.297 e. The molecule has 0 unspecified atom stereocenters. The lowest BCUT2D eigenvalue weighted by Gasteiger charge is -2.08. The molecule has 0 aliphatic carbocycles. The number of thiazole rings is 1. The third-order valence-corrected chi connectivity index (χ3v) is 3.69. The van der Waals surface area contributed by atoms with Crippen molar-refractivity contribution in [3.63, 3.8) is 0 Å². The third kappa shape index (κ3) is 2.57. The van der Waals surface area contributed by atoms with E-state index in [0.29, 0.717) is 17.6 Å². The number of carbonyl (C=O) groups excluding carboxylic acids is 1. The molecule has 1 heterocycles. The van der Waals surface area contributed by atoms with Crippen LogP contribution in [0.2, 0.25) is 5.15 Å². The highest BCUT2D eigenvalue weighted by Crippen LogP contribution is 2.30. The summed E-state index contributed by atoms with van der Waals surface area (Å²) in [6, 6.07) is 3.93. The van der Waals surface area contributed by atoms with Crippen LogP contribution in [-0.2, 0) is 6.18 Å². The van der Waals surface area contributed by atoms with Gasteiger partial charge in [0.2, 0.25) is 0 Å². The number of hydrogen-bond acceptors (Lipinski definition) is 3. The molecule has 100 valence electrons. The molecule has 19 heavy (non-hydrogen) atoms. The minimum Gasteiger partial charge on any atom is -0.297 e. The Labute approximate surface area is 113 Å². The van der Waals surface area contributed by atoms with Crippen LogP contribution in [0.1, 0.15) is 15.2 Å². The van der Waals surface area contributed by atoms with Crippen LogP contribution in [-0.4, -0.2) is 10.9 Å². The van der Waals surface area contributed by atoms with Gasteiger partial charge in [0.25, 0.3) is 0 Å². The van der Waals surface area contributed by atoms with E-state index in [0.717, 1.165) is 28.8 Å². The van der Waals surface area contributed by atoms with E-state index in [9.17, 15) is 22.8 Å². The summed E-state index contributed by atoms with van der Waals surface area (Å²) in [6.07, 6.45) is -4.02. The minimum atomic E-state index is -4.45. The van der Waals surface area contributed by atoms with Gasteiger partial charge in [-0.05, 0) is 24.3 Å². The summed E-state index contributed by atoms with van der Waals surface area (Å²) in [6.45, 7) is 0. The summed E-state index contributed by atoms with van der Waals surface area (Å²) in [4.78, 5) is 21.8. The Hall–Kier alpha value is -1.60. The summed E-state index contributed by atoms with van der Waals surface area (Å²) >= 11 is 6.44. The molecule has 2 aromatic rings. The first-order valence-electron chi connectivity index (χ1n) is 4.88. The number of benzene rings is 1. The number of carbonyl (C=O) groups is 1. The number of aromatic nitrogens is 1. The number of aldehydes is 1. The molecule has 0 spiro atoms. The Balaban J connectivity index is 2.52. The Morgan fingerprint density at radius 1 is 1.21 bits per heavy atom. The fourth-order valence-corrected chi connectivity index (χ4v) is 2.55. The predicted molar refractivity (Wildman–Crippen MR) is 65.3 cm³/mol. The van der Waals surface area contributed by atoms with Crippen molar-refractivity contribution >= 4 is 29.2 Å². The van der Waals surface area contributed by atoms with E-state index in [2.05, 4.69) is 0 Å². The molecule has 0 saturated heterocycles. The number of halogens is 4. The summed E-state index contributed by atoms with van der Waals surface area (Å²) in [7, 11) is 0. The molecule has 0 fully saturated rings. The van der Waals surface area contributed by atoms with E-state index >= 15 is 0 Å². The van der Waals surface area contributed by atoms with E-state index in [1.165, 1.54) is 0 Å². The zero-order valence-electron chi connectivity index (χ0n) is 9.07. The Morgan fingerprint density at radius 3 is 2.21 bits per heavy atom. The van der Waals surface area contributed by atoms with E-state index in [4.69, 9.17) is 11.6 Å². The zero-order valence-corrected chi connectivity index (χ0v) is 10.6. The van der Waals surface area contributed by atoms with Gasteiger partial charge in [0, 0.05) is 0 Å². The molecule has 3 nitrogen and oxygen atoms in total. The molecule has 1 aromatic carbocycles. The number of rotatable bonds is 2. The molecule has 1 aromatic heterocycles. The van der Waals surface area contributed by atoms with E-state index < -0.39 is 16.6 Å². The summed E-state index contributed by atoms with van der Waals surface area (Å²) in [5.74, 6) is 0. The van der Waals surface area contributed by atoms with Crippen molar-refractivity contribution in [3.05, 3.63) is 49.5 Å². The van der Waals surface area contributed by atoms with Crippen LogP contribution in [0.4, 0.5) is 13.2 Å². The van der Waals surface area contributed by atoms with Crippen molar-refractivity contribution in [3.8, 4) is 5.69 Å². The lowest BCUT2D eigenvalue weighted by atomic mass is 10.2. The second-order valence-electron chi connectivity index (χ2n) is 3.52. The van der Waals surface area contributed by atoms with E-state index in [-0.39, 0.29) is 15.7 Å². The lowest BCUT2D eigenvalue weighted by molar-refractivity contribution is -0.137. The van der Waals surface area contributed by atoms with Gasteiger partial charge < -0.3 is 0 Å². The molecule has 0 saturated carbocycles. The highest BCUT2D eigenvalue weighted by atomic mass is 35.5. The molecule has 0 atom stereocenters. The lowest BCUT2D eigenvalue weighted by Crippen LogP contribution is -2.11. The fourth-order valence-electron chi connectivity index (χ4n) is 1.46. The fraction of sp³-hybridized carbons (Fsp3) is 0.0909. The average molecular weight is 308 g/mol. The van der Waals surface area contributed by atoms with Crippen molar-refractivity contribution in [2.24, 2.45) is 0 Å². The Morgan fingerprint density at radius 2 is 1.79 bits per heavy atom. The number of nitrogens with zero attached hydrogens (tertiary/aromatic N) is 1. The van der Waals surface area contributed by atoms with Crippen molar-refractivity contribution in [1.82, 2.24) is 4.57 Å². The van der Waals surface area contributed by atoms with Crippen molar-refractivity contribution in [1.29, 1.82) is 0 Å². The third-order valence-electron chi connectivity index (χ3n) is 2.34. The maximum atomic E-state index is 12.4. The van der Waals surface area contributed by atoms with Crippen LogP contribution in [0.25, 0.3) is 5.69 Å². The van der Waals surface area contributed by atoms with Gasteiger partial charge in [-0.3, -0.25) is 14.2 Å². The van der Waals surface area contributed by atoms with Gasteiger partial charge in [-0.2, -0.15) is 13.2 Å². The maximum Gasteiger partial charge on any atom is 0.416 e. The summed E-state index contributed by atoms with van der Waals surface area (Å²) in [5.41, 5.74) is -0.654. The molecule has 8 heteroatoms. The standard InChI is InChI=1S/C11H5ClF3NO2S/c12-9-8(5-17)19-10(18)16(9)7-3-1-6(2-4-7)11(13,14)15/h1-5H. The molecule has 0 bridgehead atoms. The van der Waals surface area contributed by atoms with Gasteiger partial charge in [-0.1, -0.05) is 22.9 Å². The summed E-state index contributed by atoms with van der Waals surface area (Å²) < 4.78 is 38.2. The molecule has 2 rings (SSSR count). The minimum absolute atomic E-state index is 0.0339. The SMILES string of the molecule is O=Cc1sc(=O)n(-c2ccc(C(F)(F)F)cc2)c1Cl. The van der Waals surface area contributed by atoms with Gasteiger partial charge in [-0.15, -0.1) is 0 Å². The molecule has 0 amide bonds. The van der Waals surface area contributed by atoms with E-state index in [1.54, 1.807) is 0 Å². The second-order valence-corrected chi connectivity index (χ2v) is 4.87. The van der Waals surface area contributed by atoms with Crippen LogP contribution < -0.4 is 4.87 Å². The molecule has 0 N–H and O–H groups in total. The topological polar surface area (TPSA) is 39.1 Å². The quantitative estimate of drug-likeness (QED) is 0.798. The largest absolute Gasteiger partial charge is 0.416 e. The number of alkyl halides is 3. The first kappa shape index (κ1) is 13.8. The van der Waals surface area contributed by atoms with Crippen LogP contribution in [0.15, 0.2) is 29.1 Å². The molecule has 0 aliphatic rings. The van der Waals surface area contributed by atoms with Gasteiger partial charge in [0.15, 0.2) is 6.29 Å². The normalized spacial score (nSPS) is 11.6. The Bertz CT molecular complexity index is 673. The van der Waals surface area contributed by atoms with Gasteiger partial charge in [-0.25, -0.2) is 0 Å². The molecular formula is C11H5ClF3NO2S. The highest BCUT2D eigenvalue weighted by molar-refractivity contribution is 7.11. The van der Waals surface area contributed by atoms with E-state index in [1.807, 2.05) is 0 Å². The maximum absolute atomic E-state index is 12.4. The van der Waals surface area contributed by atoms with Crippen LogP contribution >= 0.6 is 22.9 Å². The number of hydrogen-bond donors (Lipinski definition) is 0. The summed E-state index contributed by atoms with van der Waals surface area (Å²) in [5, 5.41) is -0.107.